The van der Waals surface area contributed by atoms with Gasteiger partial charge >= 0.3 is 0 Å². The van der Waals surface area contributed by atoms with Crippen LogP contribution in [0.1, 0.15) is 70.9 Å². The normalized spacial score (nSPS) is 13.4. The summed E-state index contributed by atoms with van der Waals surface area (Å²) in [6, 6.07) is 3.92. The van der Waals surface area contributed by atoms with Gasteiger partial charge in [-0.1, -0.05) is 33.1 Å². The lowest BCUT2D eigenvalue weighted by molar-refractivity contribution is -0.140. The molecule has 0 heterocycles. The van der Waals surface area contributed by atoms with Crippen LogP contribution in [0.2, 0.25) is 0 Å². The molecular formula is C21H35NO3. The van der Waals surface area contributed by atoms with Crippen LogP contribution in [0.25, 0.3) is 0 Å². The average Bonchev–Trinajstić information content (AvgIpc) is 2.56. The van der Waals surface area contributed by atoms with Crippen molar-refractivity contribution in [1.82, 2.24) is 0 Å². The van der Waals surface area contributed by atoms with Crippen molar-refractivity contribution in [3.63, 3.8) is 0 Å². The number of rotatable bonds is 11. The molecule has 0 aliphatic rings. The van der Waals surface area contributed by atoms with Gasteiger partial charge in [0.1, 0.15) is 11.4 Å². The number of carbonyl (C=O) groups excluding carboxylic acids is 1. The highest BCUT2D eigenvalue weighted by atomic mass is 16.5. The van der Waals surface area contributed by atoms with Crippen molar-refractivity contribution < 1.29 is 14.3 Å². The summed E-state index contributed by atoms with van der Waals surface area (Å²) < 4.78 is 11.6. The van der Waals surface area contributed by atoms with Gasteiger partial charge in [-0.05, 0) is 63.8 Å². The van der Waals surface area contributed by atoms with E-state index in [-0.39, 0.29) is 5.91 Å². The lowest BCUT2D eigenvalue weighted by atomic mass is 9.96. The molecule has 1 aromatic carbocycles. The van der Waals surface area contributed by atoms with Gasteiger partial charge in [0, 0.05) is 12.3 Å². The van der Waals surface area contributed by atoms with Crippen LogP contribution < -0.4 is 10.1 Å². The molecule has 4 nitrogen and oxygen atoms in total. The first-order valence-electron chi connectivity index (χ1n) is 9.57. The van der Waals surface area contributed by atoms with Gasteiger partial charge in [-0.3, -0.25) is 4.79 Å². The molecule has 0 saturated carbocycles. The molecule has 25 heavy (non-hydrogen) atoms. The smallest absolute Gasteiger partial charge is 0.256 e. The van der Waals surface area contributed by atoms with Crippen LogP contribution in [-0.2, 0) is 9.53 Å². The number of benzene rings is 1. The Labute approximate surface area is 153 Å². The van der Waals surface area contributed by atoms with Crippen molar-refractivity contribution in [3.05, 3.63) is 23.3 Å². The van der Waals surface area contributed by atoms with Crippen LogP contribution in [0.5, 0.6) is 5.75 Å². The highest BCUT2D eigenvalue weighted by Crippen LogP contribution is 2.29. The molecule has 0 unspecified atom stereocenters. The van der Waals surface area contributed by atoms with E-state index in [1.165, 1.54) is 0 Å². The molecule has 1 amide bonds. The molecule has 0 aliphatic carbocycles. The summed E-state index contributed by atoms with van der Waals surface area (Å²) in [6.45, 7) is 13.3. The highest BCUT2D eigenvalue weighted by molar-refractivity contribution is 5.97. The van der Waals surface area contributed by atoms with E-state index in [0.29, 0.717) is 13.2 Å². The Morgan fingerprint density at radius 2 is 1.72 bits per heavy atom. The molecule has 0 bridgehead atoms. The Kier molecular flexibility index (Phi) is 8.98. The second-order valence-corrected chi connectivity index (χ2v) is 6.86. The van der Waals surface area contributed by atoms with Crippen LogP contribution in [0, 0.1) is 13.8 Å². The van der Waals surface area contributed by atoms with Gasteiger partial charge in [-0.2, -0.15) is 0 Å². The zero-order valence-corrected chi connectivity index (χ0v) is 16.8. The molecule has 1 N–H and O–H groups in total. The SMILES string of the molecule is CCCCC[C@](C)(OCCC)C(=O)Nc1cc(C)c(OCC)c(C)c1. The standard InChI is InChI=1S/C21H35NO3/c1-7-10-11-12-21(6,25-13-8-2)20(23)22-18-14-16(4)19(24-9-3)17(5)15-18/h14-15H,7-13H2,1-6H3,(H,22,23)/t21-/m0/s1. The number of carbonyl (C=O) groups is 1. The maximum atomic E-state index is 12.9. The fraction of sp³-hybridized carbons (Fsp3) is 0.667. The Bertz CT molecular complexity index is 533. The first-order chi connectivity index (χ1) is 11.9. The minimum absolute atomic E-state index is 0.0694. The highest BCUT2D eigenvalue weighted by Gasteiger charge is 2.33. The number of hydrogen-bond acceptors (Lipinski definition) is 3. The zero-order valence-electron chi connectivity index (χ0n) is 16.8. The maximum Gasteiger partial charge on any atom is 0.256 e. The largest absolute Gasteiger partial charge is 0.493 e. The van der Waals surface area contributed by atoms with Gasteiger partial charge in [0.15, 0.2) is 0 Å². The minimum Gasteiger partial charge on any atom is -0.493 e. The second kappa shape index (κ2) is 10.4. The van der Waals surface area contributed by atoms with Crippen molar-refractivity contribution in [2.24, 2.45) is 0 Å². The molecule has 142 valence electrons. The van der Waals surface area contributed by atoms with Gasteiger partial charge in [-0.25, -0.2) is 0 Å². The summed E-state index contributed by atoms with van der Waals surface area (Å²) >= 11 is 0. The van der Waals surface area contributed by atoms with E-state index in [9.17, 15) is 4.79 Å². The number of amides is 1. The average molecular weight is 350 g/mol. The predicted octanol–water partition coefficient (Wildman–Crippen LogP) is 5.41. The molecule has 0 saturated heterocycles. The third-order valence-electron chi connectivity index (χ3n) is 4.37. The van der Waals surface area contributed by atoms with E-state index in [1.54, 1.807) is 0 Å². The van der Waals surface area contributed by atoms with Gasteiger partial charge < -0.3 is 14.8 Å². The fourth-order valence-corrected chi connectivity index (χ4v) is 2.95. The first kappa shape index (κ1) is 21.5. The summed E-state index contributed by atoms with van der Waals surface area (Å²) in [5.41, 5.74) is 2.06. The molecule has 1 rings (SSSR count). The summed E-state index contributed by atoms with van der Waals surface area (Å²) in [7, 11) is 0. The van der Waals surface area contributed by atoms with E-state index >= 15 is 0 Å². The number of aryl methyl sites for hydroxylation is 2. The summed E-state index contributed by atoms with van der Waals surface area (Å²) in [5.74, 6) is 0.827. The zero-order chi connectivity index (χ0) is 18.9. The van der Waals surface area contributed by atoms with Crippen molar-refractivity contribution in [2.75, 3.05) is 18.5 Å². The van der Waals surface area contributed by atoms with Crippen molar-refractivity contribution >= 4 is 11.6 Å². The number of ether oxygens (including phenoxy) is 2. The second-order valence-electron chi connectivity index (χ2n) is 6.86. The summed E-state index contributed by atoms with van der Waals surface area (Å²) in [4.78, 5) is 12.9. The lowest BCUT2D eigenvalue weighted by Gasteiger charge is -2.29. The molecule has 0 spiro atoms. The Hall–Kier alpha value is -1.55. The third kappa shape index (κ3) is 6.35. The summed E-state index contributed by atoms with van der Waals surface area (Å²) in [5, 5.41) is 3.05. The van der Waals surface area contributed by atoms with Gasteiger partial charge in [0.2, 0.25) is 0 Å². The van der Waals surface area contributed by atoms with Crippen molar-refractivity contribution in [2.45, 2.75) is 79.2 Å². The van der Waals surface area contributed by atoms with E-state index in [4.69, 9.17) is 9.47 Å². The van der Waals surface area contributed by atoms with Gasteiger partial charge in [0.05, 0.1) is 6.61 Å². The van der Waals surface area contributed by atoms with Gasteiger partial charge in [-0.15, -0.1) is 0 Å². The predicted molar refractivity (Wildman–Crippen MR) is 105 cm³/mol. The third-order valence-corrected chi connectivity index (χ3v) is 4.37. The molecule has 0 fully saturated rings. The Morgan fingerprint density at radius 3 is 2.24 bits per heavy atom. The molecule has 1 atom stereocenters. The quantitative estimate of drug-likeness (QED) is 0.544. The fourth-order valence-electron chi connectivity index (χ4n) is 2.95. The van der Waals surface area contributed by atoms with Gasteiger partial charge in [0.25, 0.3) is 5.91 Å². The maximum absolute atomic E-state index is 12.9. The minimum atomic E-state index is -0.786. The molecule has 0 aliphatic heterocycles. The van der Waals surface area contributed by atoms with Crippen LogP contribution in [0.15, 0.2) is 12.1 Å². The number of hydrogen-bond donors (Lipinski definition) is 1. The van der Waals surface area contributed by atoms with Crippen LogP contribution in [0.4, 0.5) is 5.69 Å². The van der Waals surface area contributed by atoms with E-state index in [0.717, 1.165) is 54.7 Å². The van der Waals surface area contributed by atoms with E-state index < -0.39 is 5.60 Å². The van der Waals surface area contributed by atoms with Crippen molar-refractivity contribution in [1.29, 1.82) is 0 Å². The Morgan fingerprint density at radius 1 is 1.08 bits per heavy atom. The number of unbranched alkanes of at least 4 members (excludes halogenated alkanes) is 2. The molecule has 1 aromatic rings. The topological polar surface area (TPSA) is 47.6 Å². The molecular weight excluding hydrogens is 314 g/mol. The van der Waals surface area contributed by atoms with Crippen LogP contribution in [-0.4, -0.2) is 24.7 Å². The monoisotopic (exact) mass is 349 g/mol. The first-order valence-corrected chi connectivity index (χ1v) is 9.57. The number of nitrogens with one attached hydrogen (secondary N) is 1. The van der Waals surface area contributed by atoms with E-state index in [2.05, 4.69) is 19.2 Å². The van der Waals surface area contributed by atoms with Crippen LogP contribution >= 0.6 is 0 Å². The Balaban J connectivity index is 2.91. The molecule has 4 heteroatoms. The lowest BCUT2D eigenvalue weighted by Crippen LogP contribution is -2.43. The van der Waals surface area contributed by atoms with E-state index in [1.807, 2.05) is 39.8 Å². The molecule has 0 radical (unpaired) electrons. The summed E-state index contributed by atoms with van der Waals surface area (Å²) in [6.07, 6.45) is 4.87. The molecule has 0 aromatic heterocycles. The van der Waals surface area contributed by atoms with Crippen molar-refractivity contribution in [3.8, 4) is 5.75 Å². The van der Waals surface area contributed by atoms with Crippen LogP contribution in [0.3, 0.4) is 0 Å². The number of anilines is 1.